The number of benzene rings is 1. The van der Waals surface area contributed by atoms with Gasteiger partial charge in [-0.1, -0.05) is 6.58 Å². The SMILES string of the molecule is C=C(c1c(C#N)nn(-c2c(F)cc(C(F)(F)F)cc2F)c1N=CN(C)C)C(F)(F)F. The molecule has 0 aliphatic carbocycles. The van der Waals surface area contributed by atoms with Crippen molar-refractivity contribution >= 4 is 17.7 Å². The van der Waals surface area contributed by atoms with E-state index in [0.717, 1.165) is 6.34 Å². The highest BCUT2D eigenvalue weighted by molar-refractivity contribution is 5.80. The van der Waals surface area contributed by atoms with Gasteiger partial charge in [0, 0.05) is 14.1 Å². The fourth-order valence-corrected chi connectivity index (χ4v) is 2.28. The molecule has 30 heavy (non-hydrogen) atoms. The number of halogens is 8. The van der Waals surface area contributed by atoms with Gasteiger partial charge in [-0.3, -0.25) is 0 Å². The van der Waals surface area contributed by atoms with Crippen LogP contribution in [0.2, 0.25) is 0 Å². The third kappa shape index (κ3) is 4.42. The topological polar surface area (TPSA) is 57.2 Å². The number of aromatic nitrogens is 2. The molecule has 5 nitrogen and oxygen atoms in total. The van der Waals surface area contributed by atoms with Gasteiger partial charge in [0.2, 0.25) is 0 Å². The first-order chi connectivity index (χ1) is 13.7. The van der Waals surface area contributed by atoms with Gasteiger partial charge in [0.15, 0.2) is 23.1 Å². The number of hydrogen-bond acceptors (Lipinski definition) is 3. The molecule has 1 aromatic carbocycles. The molecule has 0 N–H and O–H groups in total. The lowest BCUT2D eigenvalue weighted by Crippen LogP contribution is -2.12. The zero-order chi connectivity index (χ0) is 23.0. The van der Waals surface area contributed by atoms with Crippen molar-refractivity contribution in [2.75, 3.05) is 14.1 Å². The van der Waals surface area contributed by atoms with Crippen LogP contribution < -0.4 is 0 Å². The first-order valence-electron chi connectivity index (χ1n) is 7.75. The third-order valence-electron chi connectivity index (χ3n) is 3.58. The minimum absolute atomic E-state index is 0.0518. The highest BCUT2D eigenvalue weighted by Crippen LogP contribution is 2.41. The van der Waals surface area contributed by atoms with E-state index in [1.165, 1.54) is 25.1 Å². The van der Waals surface area contributed by atoms with E-state index in [4.69, 9.17) is 5.26 Å². The first-order valence-corrected chi connectivity index (χ1v) is 7.75. The fourth-order valence-electron chi connectivity index (χ4n) is 2.28. The second kappa shape index (κ2) is 7.77. The number of allylic oxidation sites excluding steroid dienone is 1. The van der Waals surface area contributed by atoms with Crippen LogP contribution >= 0.6 is 0 Å². The first kappa shape index (κ1) is 22.9. The summed E-state index contributed by atoms with van der Waals surface area (Å²) in [6, 6.07) is 1.23. The number of hydrogen-bond donors (Lipinski definition) is 0. The molecule has 0 spiro atoms. The summed E-state index contributed by atoms with van der Waals surface area (Å²) < 4.78 is 107. The number of nitriles is 1. The van der Waals surface area contributed by atoms with Crippen molar-refractivity contribution in [3.05, 3.63) is 47.2 Å². The van der Waals surface area contributed by atoms with Gasteiger partial charge >= 0.3 is 12.4 Å². The molecule has 0 saturated heterocycles. The maximum atomic E-state index is 14.4. The standard InChI is InChI=1S/C17H11F8N5/c1-8(16(20,21)22)13-12(6-26)28-30(15(13)27-7-29(2)3)14-10(18)4-9(5-11(14)19)17(23,24)25/h4-5,7H,1H2,2-3H3. The van der Waals surface area contributed by atoms with Crippen LogP contribution in [0.15, 0.2) is 23.7 Å². The Kier molecular flexibility index (Phi) is 5.92. The van der Waals surface area contributed by atoms with Gasteiger partial charge in [-0.2, -0.15) is 36.7 Å². The van der Waals surface area contributed by atoms with Crippen molar-refractivity contribution < 1.29 is 35.1 Å². The molecule has 160 valence electrons. The number of aliphatic imine (C=N–C) groups is 1. The van der Waals surface area contributed by atoms with E-state index < -0.39 is 57.9 Å². The summed E-state index contributed by atoms with van der Waals surface area (Å²) in [6.45, 7) is 2.84. The molecule has 13 heteroatoms. The zero-order valence-corrected chi connectivity index (χ0v) is 15.2. The Morgan fingerprint density at radius 1 is 1.17 bits per heavy atom. The zero-order valence-electron chi connectivity index (χ0n) is 15.2. The minimum atomic E-state index is -5.08. The molecule has 0 saturated carbocycles. The molecule has 0 bridgehead atoms. The van der Waals surface area contributed by atoms with Gasteiger partial charge in [-0.25, -0.2) is 18.5 Å². The van der Waals surface area contributed by atoms with Gasteiger partial charge in [0.25, 0.3) is 0 Å². The number of alkyl halides is 6. The lowest BCUT2D eigenvalue weighted by atomic mass is 10.1. The number of rotatable bonds is 4. The molecule has 1 heterocycles. The van der Waals surface area contributed by atoms with Gasteiger partial charge in [0.1, 0.15) is 11.8 Å². The van der Waals surface area contributed by atoms with Crippen LogP contribution in [0.5, 0.6) is 0 Å². The minimum Gasteiger partial charge on any atom is -0.369 e. The van der Waals surface area contributed by atoms with Crippen molar-refractivity contribution in [3.63, 3.8) is 0 Å². The molecule has 0 aliphatic rings. The molecular formula is C17H11F8N5. The highest BCUT2D eigenvalue weighted by Gasteiger charge is 2.39. The van der Waals surface area contributed by atoms with Crippen LogP contribution in [0.4, 0.5) is 40.9 Å². The maximum absolute atomic E-state index is 14.4. The van der Waals surface area contributed by atoms with Gasteiger partial charge < -0.3 is 4.90 Å². The summed E-state index contributed by atoms with van der Waals surface area (Å²) >= 11 is 0. The Hall–Kier alpha value is -3.43. The molecule has 0 fully saturated rings. The maximum Gasteiger partial charge on any atom is 0.416 e. The lowest BCUT2D eigenvalue weighted by Gasteiger charge is -2.13. The van der Waals surface area contributed by atoms with Crippen molar-refractivity contribution in [2.45, 2.75) is 12.4 Å². The summed E-state index contributed by atoms with van der Waals surface area (Å²) in [6.07, 6.45) is -9.19. The van der Waals surface area contributed by atoms with Crippen molar-refractivity contribution in [1.29, 1.82) is 5.26 Å². The van der Waals surface area contributed by atoms with Gasteiger partial charge in [0.05, 0.1) is 23.0 Å². The predicted octanol–water partition coefficient (Wildman–Crippen LogP) is 4.84. The number of nitrogens with zero attached hydrogens (tertiary/aromatic N) is 5. The third-order valence-corrected chi connectivity index (χ3v) is 3.58. The molecule has 1 aromatic heterocycles. The molecule has 0 unspecified atom stereocenters. The van der Waals surface area contributed by atoms with Crippen molar-refractivity contribution in [3.8, 4) is 11.8 Å². The van der Waals surface area contributed by atoms with Gasteiger partial charge in [-0.15, -0.1) is 0 Å². The predicted molar refractivity (Wildman–Crippen MR) is 90.1 cm³/mol. The largest absolute Gasteiger partial charge is 0.416 e. The van der Waals surface area contributed by atoms with E-state index in [0.29, 0.717) is 0 Å². The summed E-state index contributed by atoms with van der Waals surface area (Å²) in [5.74, 6) is -4.40. The van der Waals surface area contributed by atoms with E-state index in [1.807, 2.05) is 0 Å². The Bertz CT molecular complexity index is 1030. The molecule has 0 amide bonds. The van der Waals surface area contributed by atoms with Gasteiger partial charge in [-0.05, 0) is 12.1 Å². The van der Waals surface area contributed by atoms with E-state index >= 15 is 0 Å². The molecule has 0 radical (unpaired) electrons. The highest BCUT2D eigenvalue weighted by atomic mass is 19.4. The quantitative estimate of drug-likeness (QED) is 0.391. The summed E-state index contributed by atoms with van der Waals surface area (Å²) in [5.41, 5.74) is -6.38. The van der Waals surface area contributed by atoms with Crippen LogP contribution in [0, 0.1) is 23.0 Å². The summed E-state index contributed by atoms with van der Waals surface area (Å²) in [7, 11) is 2.85. The Labute approximate surface area is 164 Å². The summed E-state index contributed by atoms with van der Waals surface area (Å²) in [4.78, 5) is 4.93. The monoisotopic (exact) mass is 437 g/mol. The molecule has 0 aliphatic heterocycles. The second-order valence-corrected chi connectivity index (χ2v) is 6.04. The Morgan fingerprint density at radius 3 is 2.10 bits per heavy atom. The second-order valence-electron chi connectivity index (χ2n) is 6.04. The van der Waals surface area contributed by atoms with Crippen molar-refractivity contribution in [2.24, 2.45) is 4.99 Å². The molecule has 2 aromatic rings. The van der Waals surface area contributed by atoms with Crippen LogP contribution in [0.25, 0.3) is 11.3 Å². The summed E-state index contributed by atoms with van der Waals surface area (Å²) in [5, 5.41) is 12.6. The van der Waals surface area contributed by atoms with Crippen LogP contribution in [0.3, 0.4) is 0 Å². The van der Waals surface area contributed by atoms with Crippen molar-refractivity contribution in [1.82, 2.24) is 14.7 Å². The van der Waals surface area contributed by atoms with E-state index in [-0.39, 0.29) is 16.8 Å². The Morgan fingerprint density at radius 2 is 1.70 bits per heavy atom. The normalized spacial score (nSPS) is 12.3. The molecular weight excluding hydrogens is 426 g/mol. The van der Waals surface area contributed by atoms with E-state index in [1.54, 1.807) is 0 Å². The molecule has 0 atom stereocenters. The van der Waals surface area contributed by atoms with Crippen LogP contribution in [0.1, 0.15) is 16.8 Å². The van der Waals surface area contributed by atoms with Crippen LogP contribution in [-0.4, -0.2) is 41.3 Å². The smallest absolute Gasteiger partial charge is 0.369 e. The fraction of sp³-hybridized carbons (Fsp3) is 0.235. The van der Waals surface area contributed by atoms with E-state index in [2.05, 4.69) is 16.7 Å². The average Bonchev–Trinajstić information content (AvgIpc) is 2.95. The lowest BCUT2D eigenvalue weighted by molar-refractivity contribution is -0.138. The molecule has 2 rings (SSSR count). The van der Waals surface area contributed by atoms with Crippen LogP contribution in [-0.2, 0) is 6.18 Å². The average molecular weight is 437 g/mol. The Balaban J connectivity index is 2.90. The van der Waals surface area contributed by atoms with E-state index in [9.17, 15) is 35.1 Å².